The molecule has 0 saturated carbocycles. The largest absolute Gasteiger partial charge is 0.0653 e. The molecule has 0 aliphatic heterocycles. The van der Waals surface area contributed by atoms with E-state index in [9.17, 15) is 0 Å². The van der Waals surface area contributed by atoms with Gasteiger partial charge in [-0.25, -0.2) is 0 Å². The van der Waals surface area contributed by atoms with Crippen LogP contribution in [0.15, 0.2) is 23.8 Å². The summed E-state index contributed by atoms with van der Waals surface area (Å²) in [6.45, 7) is 6.76. The summed E-state index contributed by atoms with van der Waals surface area (Å²) in [7, 11) is 0. The van der Waals surface area contributed by atoms with Crippen LogP contribution >= 0.6 is 0 Å². The number of hydrogen-bond donors (Lipinski definition) is 0. The van der Waals surface area contributed by atoms with Gasteiger partial charge in [-0.1, -0.05) is 43.2 Å². The van der Waals surface area contributed by atoms with Gasteiger partial charge in [-0.2, -0.15) is 0 Å². The molecule has 0 spiro atoms. The molecular weight excluding hydrogens is 168 g/mol. The summed E-state index contributed by atoms with van der Waals surface area (Å²) in [6.07, 6.45) is 4.91. The molecule has 1 aromatic rings. The highest BCUT2D eigenvalue weighted by Gasteiger charge is 2.22. The summed E-state index contributed by atoms with van der Waals surface area (Å²) in [6, 6.07) is 6.63. The van der Waals surface area contributed by atoms with Crippen molar-refractivity contribution in [2.45, 2.75) is 39.5 Å². The average Bonchev–Trinajstić information content (AvgIpc) is 2.45. The first-order valence-corrected chi connectivity index (χ1v) is 5.51. The van der Waals surface area contributed by atoms with E-state index in [2.05, 4.69) is 45.0 Å². The minimum atomic E-state index is 0.691. The lowest BCUT2D eigenvalue weighted by atomic mass is 9.89. The van der Waals surface area contributed by atoms with Crippen molar-refractivity contribution < 1.29 is 0 Å². The molecule has 1 aliphatic rings. The van der Waals surface area contributed by atoms with E-state index in [0.29, 0.717) is 5.92 Å². The van der Waals surface area contributed by atoms with E-state index in [1.807, 2.05) is 0 Å². The van der Waals surface area contributed by atoms with Gasteiger partial charge in [0.05, 0.1) is 0 Å². The van der Waals surface area contributed by atoms with E-state index in [4.69, 9.17) is 0 Å². The predicted octanol–water partition coefficient (Wildman–Crippen LogP) is 4.30. The number of benzene rings is 1. The van der Waals surface area contributed by atoms with Gasteiger partial charge in [-0.15, -0.1) is 0 Å². The molecule has 0 saturated heterocycles. The first-order chi connectivity index (χ1) is 6.74. The third-order valence-electron chi connectivity index (χ3n) is 3.22. The fourth-order valence-corrected chi connectivity index (χ4v) is 2.54. The Balaban J connectivity index is 2.45. The van der Waals surface area contributed by atoms with Crippen LogP contribution in [0, 0.1) is 6.92 Å². The van der Waals surface area contributed by atoms with Crippen LogP contribution < -0.4 is 0 Å². The van der Waals surface area contributed by atoms with Crippen molar-refractivity contribution in [3.8, 4) is 0 Å². The highest BCUT2D eigenvalue weighted by atomic mass is 14.3. The van der Waals surface area contributed by atoms with Crippen molar-refractivity contribution in [2.24, 2.45) is 0 Å². The van der Waals surface area contributed by atoms with Crippen LogP contribution in [-0.2, 0) is 0 Å². The summed E-state index contributed by atoms with van der Waals surface area (Å²) < 4.78 is 0. The SMILES string of the molecule is CCCC1C(C)=Cc2cccc(C)c21. The Morgan fingerprint density at radius 2 is 2.00 bits per heavy atom. The van der Waals surface area contributed by atoms with Gasteiger partial charge in [0.2, 0.25) is 0 Å². The molecule has 1 aliphatic carbocycles. The minimum Gasteiger partial charge on any atom is -0.0653 e. The van der Waals surface area contributed by atoms with Crippen molar-refractivity contribution in [3.05, 3.63) is 40.5 Å². The maximum Gasteiger partial charge on any atom is 0.00571 e. The van der Waals surface area contributed by atoms with E-state index in [-0.39, 0.29) is 0 Å². The molecule has 0 heteroatoms. The Kier molecular flexibility index (Phi) is 2.45. The Morgan fingerprint density at radius 1 is 1.21 bits per heavy atom. The van der Waals surface area contributed by atoms with Crippen LogP contribution in [0.2, 0.25) is 0 Å². The summed E-state index contributed by atoms with van der Waals surface area (Å²) in [5.74, 6) is 0.691. The maximum atomic E-state index is 2.35. The molecule has 0 nitrogen and oxygen atoms in total. The number of aryl methyl sites for hydroxylation is 1. The molecule has 0 bridgehead atoms. The summed E-state index contributed by atoms with van der Waals surface area (Å²) in [5.41, 5.74) is 6.01. The zero-order chi connectivity index (χ0) is 10.1. The second kappa shape index (κ2) is 3.61. The summed E-state index contributed by atoms with van der Waals surface area (Å²) >= 11 is 0. The van der Waals surface area contributed by atoms with E-state index >= 15 is 0 Å². The molecule has 1 unspecified atom stereocenters. The smallest absolute Gasteiger partial charge is 0.00571 e. The molecule has 14 heavy (non-hydrogen) atoms. The first-order valence-electron chi connectivity index (χ1n) is 5.51. The van der Waals surface area contributed by atoms with E-state index in [1.165, 1.54) is 29.5 Å². The number of rotatable bonds is 2. The van der Waals surface area contributed by atoms with Gasteiger partial charge in [0.25, 0.3) is 0 Å². The Hall–Kier alpha value is -1.04. The monoisotopic (exact) mass is 186 g/mol. The molecule has 74 valence electrons. The lowest BCUT2D eigenvalue weighted by molar-refractivity contribution is 0.694. The van der Waals surface area contributed by atoms with Crippen LogP contribution in [0.5, 0.6) is 0 Å². The van der Waals surface area contributed by atoms with Crippen molar-refractivity contribution in [1.82, 2.24) is 0 Å². The van der Waals surface area contributed by atoms with Gasteiger partial charge >= 0.3 is 0 Å². The van der Waals surface area contributed by atoms with Crippen molar-refractivity contribution >= 4 is 6.08 Å². The van der Waals surface area contributed by atoms with Crippen LogP contribution in [0.1, 0.15) is 49.3 Å². The zero-order valence-electron chi connectivity index (χ0n) is 9.30. The number of hydrogen-bond acceptors (Lipinski definition) is 0. The molecule has 1 atom stereocenters. The molecule has 0 heterocycles. The fraction of sp³-hybridized carbons (Fsp3) is 0.429. The quantitative estimate of drug-likeness (QED) is 0.646. The lowest BCUT2D eigenvalue weighted by Gasteiger charge is -2.15. The van der Waals surface area contributed by atoms with Crippen LogP contribution in [0.3, 0.4) is 0 Å². The highest BCUT2D eigenvalue weighted by molar-refractivity contribution is 5.67. The lowest BCUT2D eigenvalue weighted by Crippen LogP contribution is -1.98. The van der Waals surface area contributed by atoms with Gasteiger partial charge < -0.3 is 0 Å². The second-order valence-electron chi connectivity index (χ2n) is 4.31. The van der Waals surface area contributed by atoms with Crippen LogP contribution in [-0.4, -0.2) is 0 Å². The Morgan fingerprint density at radius 3 is 2.71 bits per heavy atom. The third-order valence-corrected chi connectivity index (χ3v) is 3.22. The Labute approximate surface area is 86.7 Å². The standard InChI is InChI=1S/C14H18/c1-4-6-13-11(3)9-12-8-5-7-10(2)14(12)13/h5,7-9,13H,4,6H2,1-3H3. The fourth-order valence-electron chi connectivity index (χ4n) is 2.54. The van der Waals surface area contributed by atoms with Crippen molar-refractivity contribution in [2.75, 3.05) is 0 Å². The molecule has 0 amide bonds. The van der Waals surface area contributed by atoms with Gasteiger partial charge in [-0.05, 0) is 37.0 Å². The number of fused-ring (bicyclic) bond motifs is 1. The zero-order valence-corrected chi connectivity index (χ0v) is 9.30. The normalized spacial score (nSPS) is 19.4. The molecule has 0 N–H and O–H groups in total. The molecular formula is C14H18. The first kappa shape index (κ1) is 9.51. The predicted molar refractivity (Wildman–Crippen MR) is 62.5 cm³/mol. The van der Waals surface area contributed by atoms with Gasteiger partial charge in [0.1, 0.15) is 0 Å². The minimum absolute atomic E-state index is 0.691. The molecule has 2 rings (SSSR count). The van der Waals surface area contributed by atoms with E-state index in [0.717, 1.165) is 0 Å². The Bertz CT molecular complexity index is 372. The highest BCUT2D eigenvalue weighted by Crippen LogP contribution is 2.40. The molecule has 0 aromatic heterocycles. The summed E-state index contributed by atoms with van der Waals surface area (Å²) in [4.78, 5) is 0. The van der Waals surface area contributed by atoms with E-state index in [1.54, 1.807) is 5.56 Å². The second-order valence-corrected chi connectivity index (χ2v) is 4.31. The third kappa shape index (κ3) is 1.39. The van der Waals surface area contributed by atoms with Gasteiger partial charge in [0, 0.05) is 5.92 Å². The summed E-state index contributed by atoms with van der Waals surface area (Å²) in [5, 5.41) is 0. The van der Waals surface area contributed by atoms with Crippen molar-refractivity contribution in [1.29, 1.82) is 0 Å². The average molecular weight is 186 g/mol. The number of allylic oxidation sites excluding steroid dienone is 1. The van der Waals surface area contributed by atoms with Crippen LogP contribution in [0.4, 0.5) is 0 Å². The molecule has 0 radical (unpaired) electrons. The van der Waals surface area contributed by atoms with Crippen molar-refractivity contribution in [3.63, 3.8) is 0 Å². The van der Waals surface area contributed by atoms with Gasteiger partial charge in [-0.3, -0.25) is 0 Å². The van der Waals surface area contributed by atoms with E-state index < -0.39 is 0 Å². The topological polar surface area (TPSA) is 0 Å². The molecule has 1 aromatic carbocycles. The van der Waals surface area contributed by atoms with Crippen LogP contribution in [0.25, 0.3) is 6.08 Å². The van der Waals surface area contributed by atoms with Gasteiger partial charge in [0.15, 0.2) is 0 Å². The molecule has 0 fully saturated rings. The maximum absolute atomic E-state index is 2.35.